The minimum absolute atomic E-state index is 0.0797. The second kappa shape index (κ2) is 9.90. The number of carbonyl (C=O) groups excluding carboxylic acids is 2. The van der Waals surface area contributed by atoms with Crippen LogP contribution in [0.25, 0.3) is 0 Å². The first-order valence-corrected chi connectivity index (χ1v) is 11.1. The lowest BCUT2D eigenvalue weighted by Gasteiger charge is -2.36. The molecular formula is C22H25F3N4O3S. The summed E-state index contributed by atoms with van der Waals surface area (Å²) in [7, 11) is 0. The second-order valence-electron chi connectivity index (χ2n) is 8.35. The fraction of sp³-hybridized carbons (Fsp3) is 0.409. The molecule has 0 atom stereocenters. The Labute approximate surface area is 194 Å². The number of rotatable bonds is 4. The van der Waals surface area contributed by atoms with Crippen LogP contribution in [0.4, 0.5) is 29.5 Å². The highest BCUT2D eigenvalue weighted by Crippen LogP contribution is 2.38. The van der Waals surface area contributed by atoms with E-state index in [1.54, 1.807) is 23.2 Å². The molecule has 0 aliphatic carbocycles. The first kappa shape index (κ1) is 24.7. The van der Waals surface area contributed by atoms with Crippen LogP contribution >= 0.6 is 11.8 Å². The number of carbonyl (C=O) groups is 2. The number of alkyl halides is 3. The Bertz CT molecular complexity index is 986. The Hall–Kier alpha value is -2.95. The van der Waals surface area contributed by atoms with Crippen molar-refractivity contribution in [2.45, 2.75) is 36.8 Å². The fourth-order valence-corrected chi connectivity index (χ4v) is 3.84. The highest BCUT2D eigenvalue weighted by molar-refractivity contribution is 8.00. The van der Waals surface area contributed by atoms with Gasteiger partial charge in [0.05, 0.1) is 17.4 Å². The van der Waals surface area contributed by atoms with Crippen LogP contribution in [0, 0.1) is 0 Å². The van der Waals surface area contributed by atoms with Crippen molar-refractivity contribution in [1.29, 1.82) is 0 Å². The molecule has 1 fully saturated rings. The zero-order chi connectivity index (χ0) is 24.2. The number of hydrogen-bond acceptors (Lipinski definition) is 6. The molecule has 1 aromatic heterocycles. The Morgan fingerprint density at radius 3 is 2.27 bits per heavy atom. The van der Waals surface area contributed by atoms with Crippen LogP contribution in [0.3, 0.4) is 0 Å². The van der Waals surface area contributed by atoms with E-state index in [-0.39, 0.29) is 34.1 Å². The van der Waals surface area contributed by atoms with Crippen molar-refractivity contribution < 1.29 is 27.5 Å². The normalized spacial score (nSPS) is 14.7. The third-order valence-corrected chi connectivity index (χ3v) is 5.45. The summed E-state index contributed by atoms with van der Waals surface area (Å²) in [5.74, 6) is -0.448. The van der Waals surface area contributed by atoms with E-state index in [0.29, 0.717) is 26.2 Å². The van der Waals surface area contributed by atoms with Gasteiger partial charge in [-0.2, -0.15) is 13.2 Å². The average molecular weight is 483 g/mol. The minimum atomic E-state index is -4.50. The molecule has 0 radical (unpaired) electrons. The number of benzene rings is 1. The number of pyridine rings is 1. The van der Waals surface area contributed by atoms with Gasteiger partial charge >= 0.3 is 11.6 Å². The summed E-state index contributed by atoms with van der Waals surface area (Å²) in [4.78, 5) is 32.4. The van der Waals surface area contributed by atoms with E-state index in [0.717, 1.165) is 5.69 Å². The van der Waals surface area contributed by atoms with Gasteiger partial charge in [-0.25, -0.2) is 9.78 Å². The maximum Gasteiger partial charge on any atom is 0.446 e. The third kappa shape index (κ3) is 7.28. The van der Waals surface area contributed by atoms with Crippen LogP contribution in [0.2, 0.25) is 0 Å². The molecule has 11 heteroatoms. The zero-order valence-corrected chi connectivity index (χ0v) is 19.3. The van der Waals surface area contributed by atoms with Crippen LogP contribution in [-0.2, 0) is 4.74 Å². The van der Waals surface area contributed by atoms with Crippen molar-refractivity contribution in [2.24, 2.45) is 0 Å². The molecule has 2 heterocycles. The molecule has 0 unspecified atom stereocenters. The minimum Gasteiger partial charge on any atom is -0.444 e. The van der Waals surface area contributed by atoms with Gasteiger partial charge in [0.15, 0.2) is 0 Å². The fourth-order valence-electron chi connectivity index (χ4n) is 3.17. The number of piperazine rings is 1. The van der Waals surface area contributed by atoms with Crippen molar-refractivity contribution in [3.63, 3.8) is 0 Å². The molecule has 7 nitrogen and oxygen atoms in total. The predicted molar refractivity (Wildman–Crippen MR) is 121 cm³/mol. The van der Waals surface area contributed by atoms with Gasteiger partial charge in [-0.05, 0) is 56.8 Å². The smallest absolute Gasteiger partial charge is 0.444 e. The van der Waals surface area contributed by atoms with Gasteiger partial charge in [0.2, 0.25) is 0 Å². The molecule has 3 rings (SSSR count). The Kier molecular flexibility index (Phi) is 7.41. The standard InChI is InChI=1S/C22H25F3N4O3S/c1-21(2,3)32-20(31)29-12-10-28(11-13-29)15-8-9-18(26-14-15)27-19(30)16-6-4-5-7-17(16)33-22(23,24)25/h4-9,14H,10-13H2,1-3H3,(H,26,27,30). The summed E-state index contributed by atoms with van der Waals surface area (Å²) in [6.45, 7) is 7.65. The van der Waals surface area contributed by atoms with Crippen LogP contribution < -0.4 is 10.2 Å². The van der Waals surface area contributed by atoms with E-state index in [1.807, 2.05) is 20.8 Å². The van der Waals surface area contributed by atoms with Gasteiger partial charge in [-0.3, -0.25) is 4.79 Å². The number of halogens is 3. The molecule has 0 saturated carbocycles. The van der Waals surface area contributed by atoms with Crippen molar-refractivity contribution in [3.8, 4) is 0 Å². The van der Waals surface area contributed by atoms with Crippen LogP contribution in [0.1, 0.15) is 31.1 Å². The lowest BCUT2D eigenvalue weighted by Crippen LogP contribution is -2.50. The zero-order valence-electron chi connectivity index (χ0n) is 18.5. The van der Waals surface area contributed by atoms with Crippen molar-refractivity contribution >= 4 is 35.3 Å². The van der Waals surface area contributed by atoms with Gasteiger partial charge < -0.3 is 19.9 Å². The highest BCUT2D eigenvalue weighted by atomic mass is 32.2. The summed E-state index contributed by atoms with van der Waals surface area (Å²) in [5, 5.41) is 2.54. The molecule has 2 amide bonds. The largest absolute Gasteiger partial charge is 0.446 e. The topological polar surface area (TPSA) is 74.8 Å². The quantitative estimate of drug-likeness (QED) is 0.618. The lowest BCUT2D eigenvalue weighted by molar-refractivity contribution is -0.0328. The molecule has 178 valence electrons. The summed E-state index contributed by atoms with van der Waals surface area (Å²) >= 11 is -0.332. The van der Waals surface area contributed by atoms with Crippen LogP contribution in [-0.4, -0.2) is 59.2 Å². The van der Waals surface area contributed by atoms with E-state index >= 15 is 0 Å². The van der Waals surface area contributed by atoms with E-state index in [1.165, 1.54) is 24.3 Å². The number of amides is 2. The molecule has 0 spiro atoms. The number of aromatic nitrogens is 1. The van der Waals surface area contributed by atoms with Gasteiger partial charge in [0.25, 0.3) is 5.91 Å². The summed E-state index contributed by atoms with van der Waals surface area (Å²) in [5.41, 5.74) is -4.32. The van der Waals surface area contributed by atoms with E-state index in [2.05, 4.69) is 15.2 Å². The SMILES string of the molecule is CC(C)(C)OC(=O)N1CCN(c2ccc(NC(=O)c3ccccc3SC(F)(F)F)nc2)CC1. The molecule has 1 aromatic carbocycles. The predicted octanol–water partition coefficient (Wildman–Crippen LogP) is 5.00. The lowest BCUT2D eigenvalue weighted by atomic mass is 10.2. The van der Waals surface area contributed by atoms with Gasteiger partial charge in [0, 0.05) is 31.1 Å². The molecular weight excluding hydrogens is 457 g/mol. The number of thioether (sulfide) groups is 1. The molecule has 2 aromatic rings. The van der Waals surface area contributed by atoms with Gasteiger partial charge in [-0.1, -0.05) is 12.1 Å². The molecule has 1 aliphatic rings. The van der Waals surface area contributed by atoms with Crippen LogP contribution in [0.15, 0.2) is 47.5 Å². The van der Waals surface area contributed by atoms with Gasteiger partial charge in [-0.15, -0.1) is 0 Å². The third-order valence-electron chi connectivity index (χ3n) is 4.64. The Balaban J connectivity index is 1.59. The van der Waals surface area contributed by atoms with Crippen LogP contribution in [0.5, 0.6) is 0 Å². The number of nitrogens with one attached hydrogen (secondary N) is 1. The molecule has 1 aliphatic heterocycles. The summed E-state index contributed by atoms with van der Waals surface area (Å²) in [6.07, 6.45) is 1.23. The summed E-state index contributed by atoms with van der Waals surface area (Å²) in [6, 6.07) is 8.89. The molecule has 0 bridgehead atoms. The van der Waals surface area contributed by atoms with Crippen molar-refractivity contribution in [3.05, 3.63) is 48.2 Å². The van der Waals surface area contributed by atoms with Crippen molar-refractivity contribution in [2.75, 3.05) is 36.4 Å². The first-order valence-electron chi connectivity index (χ1n) is 10.3. The Morgan fingerprint density at radius 1 is 1.03 bits per heavy atom. The summed E-state index contributed by atoms with van der Waals surface area (Å²) < 4.78 is 43.7. The first-order chi connectivity index (χ1) is 15.4. The van der Waals surface area contributed by atoms with E-state index in [9.17, 15) is 22.8 Å². The molecule has 1 saturated heterocycles. The Morgan fingerprint density at radius 2 is 1.70 bits per heavy atom. The highest BCUT2D eigenvalue weighted by Gasteiger charge is 2.31. The number of ether oxygens (including phenoxy) is 1. The molecule has 33 heavy (non-hydrogen) atoms. The van der Waals surface area contributed by atoms with Crippen molar-refractivity contribution in [1.82, 2.24) is 9.88 Å². The number of hydrogen-bond donors (Lipinski definition) is 1. The van der Waals surface area contributed by atoms with E-state index in [4.69, 9.17) is 4.74 Å². The average Bonchev–Trinajstić information content (AvgIpc) is 2.72. The second-order valence-corrected chi connectivity index (χ2v) is 9.46. The molecule has 1 N–H and O–H groups in total. The van der Waals surface area contributed by atoms with Gasteiger partial charge in [0.1, 0.15) is 11.4 Å². The number of anilines is 2. The maximum atomic E-state index is 12.8. The number of nitrogens with zero attached hydrogens (tertiary/aromatic N) is 3. The van der Waals surface area contributed by atoms with E-state index < -0.39 is 17.0 Å². The maximum absolute atomic E-state index is 12.8. The monoisotopic (exact) mass is 482 g/mol.